The molecule has 0 spiro atoms. The van der Waals surface area contributed by atoms with Crippen molar-refractivity contribution < 1.29 is 27.9 Å². The van der Waals surface area contributed by atoms with E-state index in [1.54, 1.807) is 37.1 Å². The Morgan fingerprint density at radius 2 is 1.78 bits per heavy atom. The molecule has 1 amide bonds. The molecule has 0 radical (unpaired) electrons. The topological polar surface area (TPSA) is 104 Å². The maximum atomic E-state index is 13.7. The van der Waals surface area contributed by atoms with Crippen LogP contribution in [-0.4, -0.2) is 73.1 Å². The molecule has 1 aliphatic heterocycles. The maximum absolute atomic E-state index is 13.7. The molecule has 1 N–H and O–H groups in total. The highest BCUT2D eigenvalue weighted by Crippen LogP contribution is 2.35. The van der Waals surface area contributed by atoms with Crippen molar-refractivity contribution in [1.29, 1.82) is 0 Å². The van der Waals surface area contributed by atoms with E-state index in [9.17, 15) is 18.0 Å². The van der Waals surface area contributed by atoms with Gasteiger partial charge in [0, 0.05) is 24.6 Å². The van der Waals surface area contributed by atoms with E-state index in [1.165, 1.54) is 11.4 Å². The van der Waals surface area contributed by atoms with Gasteiger partial charge in [-0.05, 0) is 47.0 Å². The van der Waals surface area contributed by atoms with Crippen LogP contribution in [0, 0.1) is 0 Å². The van der Waals surface area contributed by atoms with Crippen molar-refractivity contribution in [2.75, 3.05) is 27.2 Å². The molecule has 0 aliphatic carbocycles. The molecule has 190 valence electrons. The molecule has 0 saturated carbocycles. The van der Waals surface area contributed by atoms with Crippen LogP contribution in [0.25, 0.3) is 10.8 Å². The van der Waals surface area contributed by atoms with Crippen LogP contribution < -0.4 is 4.74 Å². The Hall–Kier alpha value is -3.08. The SMILES string of the molecule is COc1ccc(CS[C@@H]2C[C@@H](C(=O)N(C)CC(=O)O)N(S(=O)(=O)c3ccc4ccccc4c3)C2)cc1. The van der Waals surface area contributed by atoms with Crippen LogP contribution in [0.15, 0.2) is 71.6 Å². The van der Waals surface area contributed by atoms with Crippen LogP contribution in [0.3, 0.4) is 0 Å². The molecule has 0 aromatic heterocycles. The minimum Gasteiger partial charge on any atom is -0.497 e. The number of carboxylic acids is 1. The predicted octanol–water partition coefficient (Wildman–Crippen LogP) is 3.46. The third-order valence-corrected chi connectivity index (χ3v) is 9.41. The number of fused-ring (bicyclic) bond motifs is 1. The van der Waals surface area contributed by atoms with Crippen molar-refractivity contribution in [3.63, 3.8) is 0 Å². The van der Waals surface area contributed by atoms with E-state index in [1.807, 2.05) is 48.5 Å². The molecule has 1 saturated heterocycles. The number of hydrogen-bond donors (Lipinski definition) is 1. The number of methoxy groups -OCH3 is 1. The van der Waals surface area contributed by atoms with Gasteiger partial charge in [0.1, 0.15) is 18.3 Å². The zero-order valence-corrected chi connectivity index (χ0v) is 21.7. The molecular weight excluding hydrogens is 500 g/mol. The molecule has 2 atom stereocenters. The first kappa shape index (κ1) is 26.0. The number of hydrogen-bond acceptors (Lipinski definition) is 6. The van der Waals surface area contributed by atoms with Gasteiger partial charge >= 0.3 is 5.97 Å². The quantitative estimate of drug-likeness (QED) is 0.454. The van der Waals surface area contributed by atoms with Crippen molar-refractivity contribution in [2.45, 2.75) is 28.4 Å². The zero-order chi connectivity index (χ0) is 25.9. The summed E-state index contributed by atoms with van der Waals surface area (Å²) in [6.07, 6.45) is 0.302. The van der Waals surface area contributed by atoms with Gasteiger partial charge in [0.15, 0.2) is 0 Å². The van der Waals surface area contributed by atoms with Crippen molar-refractivity contribution >= 4 is 44.4 Å². The summed E-state index contributed by atoms with van der Waals surface area (Å²) in [6, 6.07) is 19.1. The molecule has 0 bridgehead atoms. The minimum atomic E-state index is -4.00. The van der Waals surface area contributed by atoms with Gasteiger partial charge in [0.2, 0.25) is 15.9 Å². The Morgan fingerprint density at radius 1 is 1.08 bits per heavy atom. The number of thioether (sulfide) groups is 1. The van der Waals surface area contributed by atoms with Crippen LogP contribution in [0.4, 0.5) is 0 Å². The lowest BCUT2D eigenvalue weighted by Gasteiger charge is -2.26. The summed E-state index contributed by atoms with van der Waals surface area (Å²) in [7, 11) is -1.02. The van der Waals surface area contributed by atoms with Gasteiger partial charge in [0.25, 0.3) is 0 Å². The largest absolute Gasteiger partial charge is 0.497 e. The number of carboxylic acid groups (broad SMARTS) is 1. The number of benzene rings is 3. The Labute approximate surface area is 214 Å². The van der Waals surface area contributed by atoms with Crippen LogP contribution in [0.1, 0.15) is 12.0 Å². The first-order chi connectivity index (χ1) is 17.2. The number of nitrogens with zero attached hydrogens (tertiary/aromatic N) is 2. The lowest BCUT2D eigenvalue weighted by atomic mass is 10.1. The smallest absolute Gasteiger partial charge is 0.323 e. The molecule has 3 aromatic rings. The fourth-order valence-corrected chi connectivity index (χ4v) is 7.29. The second-order valence-electron chi connectivity index (χ2n) is 8.70. The Kier molecular flexibility index (Phi) is 7.87. The van der Waals surface area contributed by atoms with Gasteiger partial charge in [-0.3, -0.25) is 9.59 Å². The molecule has 10 heteroatoms. The maximum Gasteiger partial charge on any atom is 0.323 e. The number of carbonyl (C=O) groups is 2. The summed E-state index contributed by atoms with van der Waals surface area (Å²) in [5.74, 6) is -0.276. The highest BCUT2D eigenvalue weighted by molar-refractivity contribution is 7.99. The lowest BCUT2D eigenvalue weighted by Crippen LogP contribution is -2.47. The summed E-state index contributed by atoms with van der Waals surface area (Å²) in [4.78, 5) is 25.6. The predicted molar refractivity (Wildman–Crippen MR) is 140 cm³/mol. The number of aliphatic carboxylic acids is 1. The second kappa shape index (κ2) is 10.9. The van der Waals surface area contributed by atoms with E-state index >= 15 is 0 Å². The van der Waals surface area contributed by atoms with Crippen LogP contribution >= 0.6 is 11.8 Å². The van der Waals surface area contributed by atoms with Crippen molar-refractivity contribution in [1.82, 2.24) is 9.21 Å². The molecular formula is C26H28N2O6S2. The van der Waals surface area contributed by atoms with E-state index in [0.717, 1.165) is 27.0 Å². The van der Waals surface area contributed by atoms with E-state index in [-0.39, 0.29) is 16.7 Å². The van der Waals surface area contributed by atoms with E-state index in [4.69, 9.17) is 9.84 Å². The molecule has 36 heavy (non-hydrogen) atoms. The summed E-state index contributed by atoms with van der Waals surface area (Å²) in [6.45, 7) is -0.337. The normalized spacial score (nSPS) is 18.3. The van der Waals surface area contributed by atoms with Crippen molar-refractivity contribution in [3.8, 4) is 5.75 Å². The number of ether oxygens (including phenoxy) is 1. The average molecular weight is 529 g/mol. The van der Waals surface area contributed by atoms with E-state index in [0.29, 0.717) is 12.2 Å². The molecule has 1 heterocycles. The van der Waals surface area contributed by atoms with Gasteiger partial charge in [-0.25, -0.2) is 8.42 Å². The van der Waals surface area contributed by atoms with Gasteiger partial charge < -0.3 is 14.7 Å². The third kappa shape index (κ3) is 5.66. The highest BCUT2D eigenvalue weighted by Gasteiger charge is 2.45. The summed E-state index contributed by atoms with van der Waals surface area (Å²) >= 11 is 1.58. The lowest BCUT2D eigenvalue weighted by molar-refractivity contribution is -0.144. The molecule has 1 fully saturated rings. The number of sulfonamides is 1. The van der Waals surface area contributed by atoms with E-state index in [2.05, 4.69) is 0 Å². The fourth-order valence-electron chi connectivity index (χ4n) is 4.31. The van der Waals surface area contributed by atoms with Crippen LogP contribution in [0.2, 0.25) is 0 Å². The zero-order valence-electron chi connectivity index (χ0n) is 20.0. The summed E-state index contributed by atoms with van der Waals surface area (Å²) in [5, 5.41) is 10.7. The number of amides is 1. The summed E-state index contributed by atoms with van der Waals surface area (Å²) in [5.41, 5.74) is 1.06. The van der Waals surface area contributed by atoms with Gasteiger partial charge in [-0.2, -0.15) is 16.1 Å². The van der Waals surface area contributed by atoms with Crippen LogP contribution in [-0.2, 0) is 25.4 Å². The number of rotatable bonds is 9. The second-order valence-corrected chi connectivity index (χ2v) is 11.9. The van der Waals surface area contributed by atoms with Gasteiger partial charge in [0.05, 0.1) is 12.0 Å². The average Bonchev–Trinajstić information content (AvgIpc) is 3.31. The van der Waals surface area contributed by atoms with Gasteiger partial charge in [-0.15, -0.1) is 0 Å². The standard InChI is InChI=1S/C26H28N2O6S2/c1-27(16-25(29)30)26(31)24-14-22(35-17-18-7-10-21(34-2)11-8-18)15-28(24)36(32,33)23-12-9-19-5-3-4-6-20(19)13-23/h3-13,22,24H,14-17H2,1-2H3,(H,29,30)/t22-,24+/m1/s1. The van der Waals surface area contributed by atoms with Gasteiger partial charge in [-0.1, -0.05) is 42.5 Å². The first-order valence-electron chi connectivity index (χ1n) is 11.4. The first-order valence-corrected chi connectivity index (χ1v) is 13.9. The molecule has 4 rings (SSSR count). The summed E-state index contributed by atoms with van der Waals surface area (Å²) < 4.78 is 33.9. The number of carbonyl (C=O) groups excluding carboxylic acids is 1. The third-order valence-electron chi connectivity index (χ3n) is 6.22. The van der Waals surface area contributed by atoms with Crippen LogP contribution in [0.5, 0.6) is 5.75 Å². The fraction of sp³-hybridized carbons (Fsp3) is 0.308. The molecule has 1 aliphatic rings. The molecule has 3 aromatic carbocycles. The molecule has 8 nitrogen and oxygen atoms in total. The molecule has 0 unspecified atom stereocenters. The Balaban J connectivity index is 1.59. The Bertz CT molecular complexity index is 1360. The van der Waals surface area contributed by atoms with Crippen molar-refractivity contribution in [3.05, 3.63) is 72.3 Å². The Morgan fingerprint density at radius 3 is 2.44 bits per heavy atom. The highest BCUT2D eigenvalue weighted by atomic mass is 32.2. The monoisotopic (exact) mass is 528 g/mol. The van der Waals surface area contributed by atoms with E-state index < -0.39 is 34.5 Å². The minimum absolute atomic E-state index is 0.112. The number of likely N-dealkylation sites (N-methyl/N-ethyl adjacent to an activating group) is 1. The van der Waals surface area contributed by atoms with Crippen molar-refractivity contribution in [2.24, 2.45) is 0 Å².